The SMILES string of the molecule is CC1CCN(C(=O)c2cccc([N+](=O)[O-])c2)CC1CN. The number of piperidine rings is 1. The lowest BCUT2D eigenvalue weighted by Crippen LogP contribution is -2.45. The molecule has 6 nitrogen and oxygen atoms in total. The second-order valence-corrected chi connectivity index (χ2v) is 5.32. The lowest BCUT2D eigenvalue weighted by atomic mass is 9.87. The van der Waals surface area contributed by atoms with Crippen LogP contribution in [0.3, 0.4) is 0 Å². The van der Waals surface area contributed by atoms with Gasteiger partial charge in [0.25, 0.3) is 11.6 Å². The minimum absolute atomic E-state index is 0.0587. The lowest BCUT2D eigenvalue weighted by Gasteiger charge is -2.36. The van der Waals surface area contributed by atoms with Crippen molar-refractivity contribution in [3.8, 4) is 0 Å². The Morgan fingerprint density at radius 1 is 1.55 bits per heavy atom. The Morgan fingerprint density at radius 2 is 2.30 bits per heavy atom. The Morgan fingerprint density at radius 3 is 2.95 bits per heavy atom. The zero-order valence-electron chi connectivity index (χ0n) is 11.5. The van der Waals surface area contributed by atoms with Gasteiger partial charge in [-0.2, -0.15) is 0 Å². The summed E-state index contributed by atoms with van der Waals surface area (Å²) >= 11 is 0. The largest absolute Gasteiger partial charge is 0.338 e. The molecule has 1 amide bonds. The van der Waals surface area contributed by atoms with Gasteiger partial charge in [-0.1, -0.05) is 13.0 Å². The number of nitro benzene ring substituents is 1. The van der Waals surface area contributed by atoms with Crippen LogP contribution in [0.5, 0.6) is 0 Å². The number of rotatable bonds is 3. The molecule has 0 spiro atoms. The van der Waals surface area contributed by atoms with Gasteiger partial charge in [-0.15, -0.1) is 0 Å². The van der Waals surface area contributed by atoms with Crippen LogP contribution in [0.1, 0.15) is 23.7 Å². The average molecular weight is 277 g/mol. The number of likely N-dealkylation sites (tertiary alicyclic amines) is 1. The van der Waals surface area contributed by atoms with E-state index in [1.54, 1.807) is 17.0 Å². The molecule has 2 unspecified atom stereocenters. The van der Waals surface area contributed by atoms with Gasteiger partial charge in [-0.3, -0.25) is 14.9 Å². The number of hydrogen-bond acceptors (Lipinski definition) is 4. The number of non-ortho nitro benzene ring substituents is 1. The second-order valence-electron chi connectivity index (χ2n) is 5.32. The minimum atomic E-state index is -0.488. The van der Waals surface area contributed by atoms with E-state index in [0.717, 1.165) is 6.42 Å². The molecule has 1 saturated heterocycles. The number of nitrogens with two attached hydrogens (primary N) is 1. The lowest BCUT2D eigenvalue weighted by molar-refractivity contribution is -0.384. The summed E-state index contributed by atoms with van der Waals surface area (Å²) in [6, 6.07) is 5.87. The van der Waals surface area contributed by atoms with Crippen molar-refractivity contribution in [2.45, 2.75) is 13.3 Å². The highest BCUT2D eigenvalue weighted by molar-refractivity contribution is 5.94. The molecular weight excluding hydrogens is 258 g/mol. The van der Waals surface area contributed by atoms with Crippen LogP contribution in [-0.2, 0) is 0 Å². The van der Waals surface area contributed by atoms with E-state index in [4.69, 9.17) is 5.73 Å². The molecule has 0 radical (unpaired) electrons. The molecule has 1 aliphatic heterocycles. The van der Waals surface area contributed by atoms with Crippen LogP contribution >= 0.6 is 0 Å². The number of amides is 1. The van der Waals surface area contributed by atoms with Crippen molar-refractivity contribution in [2.24, 2.45) is 17.6 Å². The van der Waals surface area contributed by atoms with E-state index in [1.807, 2.05) is 0 Å². The van der Waals surface area contributed by atoms with Crippen LogP contribution in [0.4, 0.5) is 5.69 Å². The third-order valence-electron chi connectivity index (χ3n) is 4.01. The third-order valence-corrected chi connectivity index (χ3v) is 4.01. The first-order valence-electron chi connectivity index (χ1n) is 6.76. The number of nitro groups is 1. The summed E-state index contributed by atoms with van der Waals surface area (Å²) < 4.78 is 0. The number of nitrogens with zero attached hydrogens (tertiary/aromatic N) is 2. The molecule has 1 aromatic carbocycles. The molecule has 108 valence electrons. The molecule has 2 N–H and O–H groups in total. The van der Waals surface area contributed by atoms with Gasteiger partial charge in [0.15, 0.2) is 0 Å². The van der Waals surface area contributed by atoms with Crippen molar-refractivity contribution in [3.63, 3.8) is 0 Å². The third kappa shape index (κ3) is 2.96. The Bertz CT molecular complexity index is 518. The fourth-order valence-corrected chi connectivity index (χ4v) is 2.58. The molecule has 1 fully saturated rings. The van der Waals surface area contributed by atoms with Crippen LogP contribution in [-0.4, -0.2) is 35.4 Å². The van der Waals surface area contributed by atoms with Crippen molar-refractivity contribution >= 4 is 11.6 Å². The summed E-state index contributed by atoms with van der Waals surface area (Å²) in [7, 11) is 0. The van der Waals surface area contributed by atoms with Crippen molar-refractivity contribution in [3.05, 3.63) is 39.9 Å². The van der Waals surface area contributed by atoms with Gasteiger partial charge >= 0.3 is 0 Å². The number of benzene rings is 1. The van der Waals surface area contributed by atoms with Gasteiger partial charge in [0.05, 0.1) is 4.92 Å². The standard InChI is InChI=1S/C14H19N3O3/c1-10-5-6-16(9-12(10)8-15)14(18)11-3-2-4-13(7-11)17(19)20/h2-4,7,10,12H,5-6,8-9,15H2,1H3. The van der Waals surface area contributed by atoms with E-state index >= 15 is 0 Å². The summed E-state index contributed by atoms with van der Waals surface area (Å²) in [5.74, 6) is 0.652. The minimum Gasteiger partial charge on any atom is -0.338 e. The summed E-state index contributed by atoms with van der Waals surface area (Å²) in [6.45, 7) is 4.00. The van der Waals surface area contributed by atoms with Gasteiger partial charge in [-0.05, 0) is 30.9 Å². The summed E-state index contributed by atoms with van der Waals surface area (Å²) in [5.41, 5.74) is 6.04. The molecule has 6 heteroatoms. The fraction of sp³-hybridized carbons (Fsp3) is 0.500. The van der Waals surface area contributed by atoms with Crippen LogP contribution in [0.25, 0.3) is 0 Å². The predicted molar refractivity (Wildman–Crippen MR) is 75.3 cm³/mol. The smallest absolute Gasteiger partial charge is 0.270 e. The van der Waals surface area contributed by atoms with Crippen molar-refractivity contribution in [1.82, 2.24) is 4.90 Å². The maximum Gasteiger partial charge on any atom is 0.270 e. The normalized spacial score (nSPS) is 22.6. The van der Waals surface area contributed by atoms with E-state index in [0.29, 0.717) is 37.0 Å². The molecule has 0 aliphatic carbocycles. The first-order valence-corrected chi connectivity index (χ1v) is 6.76. The molecular formula is C14H19N3O3. The van der Waals surface area contributed by atoms with Crippen LogP contribution in [0.15, 0.2) is 24.3 Å². The summed E-state index contributed by atoms with van der Waals surface area (Å²) in [4.78, 5) is 24.4. The van der Waals surface area contributed by atoms with Gasteiger partial charge in [0.1, 0.15) is 0 Å². The molecule has 20 heavy (non-hydrogen) atoms. The second kappa shape index (κ2) is 6.00. The van der Waals surface area contributed by atoms with Gasteiger partial charge in [-0.25, -0.2) is 0 Å². The van der Waals surface area contributed by atoms with Gasteiger partial charge in [0, 0.05) is 30.8 Å². The average Bonchev–Trinajstić information content (AvgIpc) is 2.47. The Balaban J connectivity index is 2.15. The highest BCUT2D eigenvalue weighted by Crippen LogP contribution is 2.24. The molecule has 0 aromatic heterocycles. The van der Waals surface area contributed by atoms with E-state index in [-0.39, 0.29) is 11.6 Å². The zero-order valence-corrected chi connectivity index (χ0v) is 11.5. The Hall–Kier alpha value is -1.95. The Labute approximate surface area is 117 Å². The van der Waals surface area contributed by atoms with E-state index in [1.165, 1.54) is 12.1 Å². The Kier molecular flexibility index (Phi) is 4.34. The molecule has 1 aliphatic rings. The fourth-order valence-electron chi connectivity index (χ4n) is 2.58. The molecule has 1 aromatic rings. The van der Waals surface area contributed by atoms with E-state index in [2.05, 4.69) is 6.92 Å². The number of hydrogen-bond donors (Lipinski definition) is 1. The van der Waals surface area contributed by atoms with Crippen LogP contribution in [0, 0.1) is 22.0 Å². The van der Waals surface area contributed by atoms with Crippen molar-refractivity contribution < 1.29 is 9.72 Å². The first-order chi connectivity index (χ1) is 9.52. The first kappa shape index (κ1) is 14.5. The molecule has 0 saturated carbocycles. The van der Waals surface area contributed by atoms with E-state index in [9.17, 15) is 14.9 Å². The monoisotopic (exact) mass is 277 g/mol. The molecule has 1 heterocycles. The van der Waals surface area contributed by atoms with Gasteiger partial charge < -0.3 is 10.6 Å². The topological polar surface area (TPSA) is 89.5 Å². The van der Waals surface area contributed by atoms with Crippen molar-refractivity contribution in [2.75, 3.05) is 19.6 Å². The van der Waals surface area contributed by atoms with Crippen LogP contribution < -0.4 is 5.73 Å². The summed E-state index contributed by atoms with van der Waals surface area (Å²) in [5, 5.41) is 10.8. The predicted octanol–water partition coefficient (Wildman–Crippen LogP) is 1.65. The number of carbonyl (C=O) groups excluding carboxylic acids is 1. The highest BCUT2D eigenvalue weighted by Gasteiger charge is 2.28. The maximum atomic E-state index is 12.4. The number of carbonyl (C=O) groups is 1. The molecule has 2 atom stereocenters. The summed E-state index contributed by atoms with van der Waals surface area (Å²) in [6.07, 6.45) is 0.919. The maximum absolute atomic E-state index is 12.4. The van der Waals surface area contributed by atoms with E-state index < -0.39 is 4.92 Å². The quantitative estimate of drug-likeness (QED) is 0.672. The molecule has 0 bridgehead atoms. The zero-order chi connectivity index (χ0) is 14.7. The van der Waals surface area contributed by atoms with Crippen LogP contribution in [0.2, 0.25) is 0 Å². The highest BCUT2D eigenvalue weighted by atomic mass is 16.6. The van der Waals surface area contributed by atoms with Crippen molar-refractivity contribution in [1.29, 1.82) is 0 Å². The molecule has 2 rings (SSSR count). The van der Waals surface area contributed by atoms with Gasteiger partial charge in [0.2, 0.25) is 0 Å².